The average Bonchev–Trinajstić information content (AvgIpc) is 2.65. The summed E-state index contributed by atoms with van der Waals surface area (Å²) in [5, 5.41) is 9.66. The molecule has 1 fully saturated rings. The minimum Gasteiger partial charge on any atom is -0.356 e. The average molecular weight is 472 g/mol. The van der Waals surface area contributed by atoms with Crippen molar-refractivity contribution in [2.75, 3.05) is 20.1 Å². The van der Waals surface area contributed by atoms with Crippen molar-refractivity contribution in [3.8, 4) is 0 Å². The Hall–Kier alpha value is -1.31. The van der Waals surface area contributed by atoms with Gasteiger partial charge < -0.3 is 16.0 Å². The molecule has 26 heavy (non-hydrogen) atoms. The first-order valence-corrected chi connectivity index (χ1v) is 9.56. The van der Waals surface area contributed by atoms with E-state index in [0.717, 1.165) is 38.2 Å². The molecule has 5 nitrogen and oxygen atoms in total. The Labute approximate surface area is 174 Å². The van der Waals surface area contributed by atoms with E-state index in [-0.39, 0.29) is 29.9 Å². The SMILES string of the molecule is CN=C(NCCCc1ccccc1)NCCC(=O)NC1CCCCC1.I. The second kappa shape index (κ2) is 13.8. The van der Waals surface area contributed by atoms with Gasteiger partial charge in [-0.05, 0) is 31.2 Å². The van der Waals surface area contributed by atoms with Crippen molar-refractivity contribution in [2.45, 2.75) is 57.4 Å². The number of amides is 1. The lowest BCUT2D eigenvalue weighted by Gasteiger charge is -2.22. The fourth-order valence-electron chi connectivity index (χ4n) is 3.21. The predicted molar refractivity (Wildman–Crippen MR) is 119 cm³/mol. The van der Waals surface area contributed by atoms with E-state index in [2.05, 4.69) is 45.2 Å². The summed E-state index contributed by atoms with van der Waals surface area (Å²) in [5.74, 6) is 0.900. The van der Waals surface area contributed by atoms with Crippen molar-refractivity contribution < 1.29 is 4.79 Å². The number of hydrogen-bond donors (Lipinski definition) is 3. The van der Waals surface area contributed by atoms with Crippen molar-refractivity contribution in [2.24, 2.45) is 4.99 Å². The van der Waals surface area contributed by atoms with Crippen LogP contribution in [0.1, 0.15) is 50.5 Å². The maximum atomic E-state index is 12.0. The normalized spacial score (nSPS) is 15.0. The number of benzene rings is 1. The molecule has 6 heteroatoms. The summed E-state index contributed by atoms with van der Waals surface area (Å²) >= 11 is 0. The number of nitrogens with one attached hydrogen (secondary N) is 3. The quantitative estimate of drug-likeness (QED) is 0.236. The van der Waals surface area contributed by atoms with Gasteiger partial charge in [0, 0.05) is 32.6 Å². The first kappa shape index (κ1) is 22.7. The van der Waals surface area contributed by atoms with Crippen LogP contribution in [0.5, 0.6) is 0 Å². The molecule has 1 saturated carbocycles. The summed E-state index contributed by atoms with van der Waals surface area (Å²) < 4.78 is 0. The summed E-state index contributed by atoms with van der Waals surface area (Å²) in [6, 6.07) is 10.9. The number of carbonyl (C=O) groups is 1. The summed E-state index contributed by atoms with van der Waals surface area (Å²) in [7, 11) is 1.76. The standard InChI is InChI=1S/C20H32N4O.HI/c1-21-20(22-15-8-11-17-9-4-2-5-10-17)23-16-14-19(25)24-18-12-6-3-7-13-18;/h2,4-5,9-10,18H,3,6-8,11-16H2,1H3,(H,24,25)(H2,21,22,23);1H. The molecular formula is C20H33IN4O. The molecule has 0 unspecified atom stereocenters. The molecule has 1 aliphatic rings. The molecule has 0 heterocycles. The minimum atomic E-state index is 0. The van der Waals surface area contributed by atoms with E-state index < -0.39 is 0 Å². The molecule has 0 aromatic heterocycles. The molecule has 0 spiro atoms. The van der Waals surface area contributed by atoms with E-state index in [1.807, 2.05) is 6.07 Å². The number of aryl methyl sites for hydroxylation is 1. The van der Waals surface area contributed by atoms with Gasteiger partial charge in [0.2, 0.25) is 5.91 Å². The van der Waals surface area contributed by atoms with Crippen LogP contribution in [0.2, 0.25) is 0 Å². The van der Waals surface area contributed by atoms with Gasteiger partial charge in [0.05, 0.1) is 0 Å². The molecule has 146 valence electrons. The Kier molecular flexibility index (Phi) is 12.1. The van der Waals surface area contributed by atoms with E-state index >= 15 is 0 Å². The van der Waals surface area contributed by atoms with E-state index in [0.29, 0.717) is 19.0 Å². The van der Waals surface area contributed by atoms with E-state index in [4.69, 9.17) is 0 Å². The summed E-state index contributed by atoms with van der Waals surface area (Å²) in [5.41, 5.74) is 1.35. The van der Waals surface area contributed by atoms with Gasteiger partial charge in [0.15, 0.2) is 5.96 Å². The first-order chi connectivity index (χ1) is 12.3. The van der Waals surface area contributed by atoms with Crippen molar-refractivity contribution in [1.29, 1.82) is 0 Å². The van der Waals surface area contributed by atoms with Gasteiger partial charge in [-0.2, -0.15) is 0 Å². The molecule has 0 bridgehead atoms. The van der Waals surface area contributed by atoms with E-state index in [1.165, 1.54) is 24.8 Å². The topological polar surface area (TPSA) is 65.5 Å². The molecule has 1 aromatic rings. The van der Waals surface area contributed by atoms with Crippen LogP contribution in [0, 0.1) is 0 Å². The smallest absolute Gasteiger partial charge is 0.221 e. The number of guanidine groups is 1. The Morgan fingerprint density at radius 2 is 1.77 bits per heavy atom. The number of rotatable bonds is 8. The molecule has 0 saturated heterocycles. The van der Waals surface area contributed by atoms with Crippen molar-refractivity contribution in [3.63, 3.8) is 0 Å². The summed E-state index contributed by atoms with van der Waals surface area (Å²) in [6.45, 7) is 1.47. The van der Waals surface area contributed by atoms with Crippen LogP contribution in [0.4, 0.5) is 0 Å². The Bertz CT molecular complexity index is 530. The highest BCUT2D eigenvalue weighted by Gasteiger charge is 2.15. The Morgan fingerprint density at radius 3 is 2.46 bits per heavy atom. The number of aliphatic imine (C=N–C) groups is 1. The van der Waals surface area contributed by atoms with Crippen LogP contribution >= 0.6 is 24.0 Å². The number of halogens is 1. The largest absolute Gasteiger partial charge is 0.356 e. The van der Waals surface area contributed by atoms with E-state index in [9.17, 15) is 4.79 Å². The maximum Gasteiger partial charge on any atom is 0.221 e. The monoisotopic (exact) mass is 472 g/mol. The number of hydrogen-bond acceptors (Lipinski definition) is 2. The molecule has 3 N–H and O–H groups in total. The van der Waals surface area contributed by atoms with Crippen LogP contribution in [0.3, 0.4) is 0 Å². The highest BCUT2D eigenvalue weighted by Crippen LogP contribution is 2.17. The van der Waals surface area contributed by atoms with Gasteiger partial charge in [0.25, 0.3) is 0 Å². The van der Waals surface area contributed by atoms with Gasteiger partial charge in [-0.25, -0.2) is 0 Å². The molecule has 1 amide bonds. The number of nitrogens with zero attached hydrogens (tertiary/aromatic N) is 1. The van der Waals surface area contributed by atoms with Crippen molar-refractivity contribution >= 4 is 35.8 Å². The second-order valence-corrected chi connectivity index (χ2v) is 6.67. The zero-order chi connectivity index (χ0) is 17.7. The molecule has 0 radical (unpaired) electrons. The van der Waals surface area contributed by atoms with Gasteiger partial charge in [-0.15, -0.1) is 24.0 Å². The lowest BCUT2D eigenvalue weighted by Crippen LogP contribution is -2.41. The third kappa shape index (κ3) is 9.40. The number of carbonyl (C=O) groups excluding carboxylic acids is 1. The molecule has 0 aliphatic heterocycles. The summed E-state index contributed by atoms with van der Waals surface area (Å²) in [6.07, 6.45) is 8.63. The zero-order valence-corrected chi connectivity index (χ0v) is 18.1. The molecule has 1 aromatic carbocycles. The molecule has 1 aliphatic carbocycles. The first-order valence-electron chi connectivity index (χ1n) is 9.56. The van der Waals surface area contributed by atoms with E-state index in [1.54, 1.807) is 7.05 Å². The molecular weight excluding hydrogens is 439 g/mol. The zero-order valence-electron chi connectivity index (χ0n) is 15.8. The van der Waals surface area contributed by atoms with Crippen LogP contribution in [0.15, 0.2) is 35.3 Å². The minimum absolute atomic E-state index is 0. The Morgan fingerprint density at radius 1 is 1.08 bits per heavy atom. The lowest BCUT2D eigenvalue weighted by molar-refractivity contribution is -0.121. The fourth-order valence-corrected chi connectivity index (χ4v) is 3.21. The van der Waals surface area contributed by atoms with Crippen LogP contribution in [-0.4, -0.2) is 38.0 Å². The highest BCUT2D eigenvalue weighted by molar-refractivity contribution is 14.0. The predicted octanol–water partition coefficient (Wildman–Crippen LogP) is 3.24. The molecule has 0 atom stereocenters. The lowest BCUT2D eigenvalue weighted by atomic mass is 9.95. The third-order valence-electron chi connectivity index (χ3n) is 4.62. The Balaban J connectivity index is 0.00000338. The van der Waals surface area contributed by atoms with Gasteiger partial charge in [-0.1, -0.05) is 49.6 Å². The van der Waals surface area contributed by atoms with Gasteiger partial charge >= 0.3 is 0 Å². The van der Waals surface area contributed by atoms with Gasteiger partial charge in [-0.3, -0.25) is 9.79 Å². The van der Waals surface area contributed by atoms with Crippen molar-refractivity contribution in [1.82, 2.24) is 16.0 Å². The van der Waals surface area contributed by atoms with Crippen LogP contribution in [0.25, 0.3) is 0 Å². The summed E-state index contributed by atoms with van der Waals surface area (Å²) in [4.78, 5) is 16.2. The maximum absolute atomic E-state index is 12.0. The molecule has 2 rings (SSSR count). The van der Waals surface area contributed by atoms with Crippen LogP contribution < -0.4 is 16.0 Å². The van der Waals surface area contributed by atoms with Crippen molar-refractivity contribution in [3.05, 3.63) is 35.9 Å². The third-order valence-corrected chi connectivity index (χ3v) is 4.62. The van der Waals surface area contributed by atoms with Crippen LogP contribution in [-0.2, 0) is 11.2 Å². The fraction of sp³-hybridized carbons (Fsp3) is 0.600. The van der Waals surface area contributed by atoms with Gasteiger partial charge in [0.1, 0.15) is 0 Å². The highest BCUT2D eigenvalue weighted by atomic mass is 127. The second-order valence-electron chi connectivity index (χ2n) is 6.67.